The third-order valence-electron chi connectivity index (χ3n) is 9.11. The monoisotopic (exact) mass is 671 g/mol. The largest absolute Gasteiger partial charge is 0.487 e. The maximum atomic E-state index is 12.9. The molecule has 0 spiro atoms. The van der Waals surface area contributed by atoms with Crippen molar-refractivity contribution in [2.24, 2.45) is 0 Å². The second kappa shape index (κ2) is 15.5. The fraction of sp³-hybridized carbons (Fsp3) is 0.500. The Hall–Kier alpha value is -4.35. The number of imidazole rings is 2. The van der Waals surface area contributed by atoms with Crippen molar-refractivity contribution in [2.45, 2.75) is 76.9 Å². The Morgan fingerprint density at radius 1 is 0.755 bits per heavy atom. The smallest absolute Gasteiger partial charge is 0.410 e. The molecule has 2 aromatic heterocycles. The van der Waals surface area contributed by atoms with E-state index in [1.54, 1.807) is 19.1 Å². The van der Waals surface area contributed by atoms with Crippen LogP contribution in [0.3, 0.4) is 0 Å². The van der Waals surface area contributed by atoms with Gasteiger partial charge < -0.3 is 33.7 Å². The summed E-state index contributed by atoms with van der Waals surface area (Å²) in [5.74, 6) is 3.54. The predicted octanol–water partition coefficient (Wildman–Crippen LogP) is 7.91. The Bertz CT molecular complexity index is 1690. The number of likely N-dealkylation sites (tertiary alicyclic amines) is 1. The number of rotatable bonds is 13. The molecule has 1 unspecified atom stereocenters. The first-order valence-corrected chi connectivity index (χ1v) is 17.4. The Morgan fingerprint density at radius 2 is 1.35 bits per heavy atom. The molecule has 1 atom stereocenters. The molecular formula is C38H49N5O6. The van der Waals surface area contributed by atoms with Crippen LogP contribution >= 0.6 is 0 Å². The molecule has 3 heterocycles. The summed E-state index contributed by atoms with van der Waals surface area (Å²) in [5.41, 5.74) is 4.97. The lowest BCUT2D eigenvalue weighted by Crippen LogP contribution is -2.36. The molecule has 11 nitrogen and oxygen atoms in total. The SMILES string of the molecule is COCCOc1c(-c2ccc(-c3cnc(C4CCCN4C(=O)OC(C)(C)C)[nH]3)cc2)ccc(-c2cnc(C3CCCC3)[nH]2)c1OCCOC. The maximum absolute atomic E-state index is 12.9. The zero-order chi connectivity index (χ0) is 34.4. The Kier molecular flexibility index (Phi) is 10.9. The average Bonchev–Trinajstić information content (AvgIpc) is 3.91. The van der Waals surface area contributed by atoms with Gasteiger partial charge in [-0.2, -0.15) is 0 Å². The number of aromatic amines is 2. The van der Waals surface area contributed by atoms with Crippen LogP contribution in [0.25, 0.3) is 33.6 Å². The minimum Gasteiger partial charge on any atom is -0.487 e. The van der Waals surface area contributed by atoms with Crippen molar-refractivity contribution in [1.82, 2.24) is 24.8 Å². The third kappa shape index (κ3) is 8.11. The number of aromatic nitrogens is 4. The quantitative estimate of drug-likeness (QED) is 0.138. The third-order valence-corrected chi connectivity index (χ3v) is 9.11. The van der Waals surface area contributed by atoms with Gasteiger partial charge in [-0.3, -0.25) is 4.90 Å². The van der Waals surface area contributed by atoms with Crippen molar-refractivity contribution in [3.05, 3.63) is 60.4 Å². The molecule has 6 rings (SSSR count). The van der Waals surface area contributed by atoms with Gasteiger partial charge in [0.2, 0.25) is 0 Å². The Morgan fingerprint density at radius 3 is 2.02 bits per heavy atom. The van der Waals surface area contributed by atoms with E-state index < -0.39 is 5.60 Å². The molecule has 1 amide bonds. The second-order valence-electron chi connectivity index (χ2n) is 13.8. The van der Waals surface area contributed by atoms with Gasteiger partial charge in [0.05, 0.1) is 43.0 Å². The van der Waals surface area contributed by atoms with Crippen LogP contribution in [0.5, 0.6) is 11.5 Å². The zero-order valence-electron chi connectivity index (χ0n) is 29.3. The number of nitrogens with one attached hydrogen (secondary N) is 2. The van der Waals surface area contributed by atoms with E-state index in [-0.39, 0.29) is 12.1 Å². The predicted molar refractivity (Wildman–Crippen MR) is 188 cm³/mol. The summed E-state index contributed by atoms with van der Waals surface area (Å²) >= 11 is 0. The van der Waals surface area contributed by atoms with Crippen LogP contribution in [-0.2, 0) is 14.2 Å². The number of ether oxygens (including phenoxy) is 5. The molecule has 0 radical (unpaired) electrons. The summed E-state index contributed by atoms with van der Waals surface area (Å²) in [4.78, 5) is 31.1. The van der Waals surface area contributed by atoms with Crippen LogP contribution in [0.4, 0.5) is 4.79 Å². The van der Waals surface area contributed by atoms with Gasteiger partial charge in [0.1, 0.15) is 30.5 Å². The molecule has 2 aliphatic rings. The van der Waals surface area contributed by atoms with Gasteiger partial charge in [0, 0.05) is 37.8 Å². The molecular weight excluding hydrogens is 622 g/mol. The number of H-pyrrole nitrogens is 2. The van der Waals surface area contributed by atoms with Crippen molar-refractivity contribution >= 4 is 6.09 Å². The number of hydrogen-bond donors (Lipinski definition) is 2. The number of amides is 1. The van der Waals surface area contributed by atoms with Gasteiger partial charge >= 0.3 is 6.09 Å². The fourth-order valence-corrected chi connectivity index (χ4v) is 6.70. The number of carbonyl (C=O) groups is 1. The van der Waals surface area contributed by atoms with E-state index >= 15 is 0 Å². The number of benzene rings is 2. The van der Waals surface area contributed by atoms with Crippen LogP contribution in [-0.4, -0.2) is 83.7 Å². The highest BCUT2D eigenvalue weighted by atomic mass is 16.6. The molecule has 2 fully saturated rings. The van der Waals surface area contributed by atoms with Crippen molar-refractivity contribution in [1.29, 1.82) is 0 Å². The molecule has 4 aromatic rings. The van der Waals surface area contributed by atoms with Crippen molar-refractivity contribution in [2.75, 3.05) is 47.2 Å². The van der Waals surface area contributed by atoms with Crippen LogP contribution in [0.15, 0.2) is 48.8 Å². The highest BCUT2D eigenvalue weighted by Gasteiger charge is 2.35. The summed E-state index contributed by atoms with van der Waals surface area (Å²) < 4.78 is 29.1. The molecule has 1 saturated carbocycles. The lowest BCUT2D eigenvalue weighted by molar-refractivity contribution is 0.0218. The molecule has 49 heavy (non-hydrogen) atoms. The molecule has 0 bridgehead atoms. The van der Waals surface area contributed by atoms with Crippen LogP contribution in [0.1, 0.15) is 82.9 Å². The van der Waals surface area contributed by atoms with Gasteiger partial charge in [-0.05, 0) is 69.7 Å². The van der Waals surface area contributed by atoms with E-state index in [1.807, 2.05) is 33.2 Å². The molecule has 262 valence electrons. The lowest BCUT2D eigenvalue weighted by Gasteiger charge is -2.27. The summed E-state index contributed by atoms with van der Waals surface area (Å²) in [7, 11) is 3.32. The molecule has 2 N–H and O–H groups in total. The van der Waals surface area contributed by atoms with Crippen LogP contribution in [0, 0.1) is 0 Å². The first kappa shape index (κ1) is 34.5. The lowest BCUT2D eigenvalue weighted by atomic mass is 9.98. The standard InChI is InChI=1S/C38H49N5O6/c1-38(2,3)49-37(44)43-18-8-11-32(43)36-40-23-30(41-36)26-14-12-25(13-15-26)28-16-17-29(31-24-39-35(42-31)27-9-6-7-10-27)34(48-22-20-46-5)33(28)47-21-19-45-4/h12-17,23-24,27,32H,6-11,18-22H2,1-5H3,(H,39,42)(H,40,41). The van der Waals surface area contributed by atoms with E-state index in [4.69, 9.17) is 28.7 Å². The number of nitrogens with zero attached hydrogens (tertiary/aromatic N) is 3. The zero-order valence-corrected chi connectivity index (χ0v) is 29.3. The normalized spacial score (nSPS) is 16.8. The van der Waals surface area contributed by atoms with Gasteiger partial charge in [-0.15, -0.1) is 0 Å². The average molecular weight is 672 g/mol. The molecule has 1 aliphatic heterocycles. The van der Waals surface area contributed by atoms with E-state index in [1.165, 1.54) is 12.8 Å². The summed E-state index contributed by atoms with van der Waals surface area (Å²) in [6.45, 7) is 7.90. The first-order chi connectivity index (χ1) is 23.8. The molecule has 1 aliphatic carbocycles. The first-order valence-electron chi connectivity index (χ1n) is 17.4. The maximum Gasteiger partial charge on any atom is 0.410 e. The van der Waals surface area contributed by atoms with E-state index in [2.05, 4.69) is 51.4 Å². The number of carbonyl (C=O) groups excluding carboxylic acids is 1. The highest BCUT2D eigenvalue weighted by Crippen LogP contribution is 2.46. The van der Waals surface area contributed by atoms with E-state index in [0.29, 0.717) is 50.4 Å². The Labute approximate surface area is 288 Å². The van der Waals surface area contributed by atoms with Gasteiger partial charge in [-0.25, -0.2) is 14.8 Å². The van der Waals surface area contributed by atoms with E-state index in [0.717, 1.165) is 71.0 Å². The van der Waals surface area contributed by atoms with Crippen molar-refractivity contribution < 1.29 is 28.5 Å². The van der Waals surface area contributed by atoms with Crippen molar-refractivity contribution in [3.63, 3.8) is 0 Å². The van der Waals surface area contributed by atoms with Gasteiger partial charge in [0.15, 0.2) is 11.5 Å². The summed E-state index contributed by atoms with van der Waals surface area (Å²) in [6.07, 6.45) is 9.97. The van der Waals surface area contributed by atoms with E-state index in [9.17, 15) is 4.79 Å². The van der Waals surface area contributed by atoms with Crippen LogP contribution < -0.4 is 9.47 Å². The topological polar surface area (TPSA) is 124 Å². The summed E-state index contributed by atoms with van der Waals surface area (Å²) in [6, 6.07) is 12.3. The minimum atomic E-state index is -0.552. The summed E-state index contributed by atoms with van der Waals surface area (Å²) in [5, 5.41) is 0. The molecule has 2 aromatic carbocycles. The number of methoxy groups -OCH3 is 2. The minimum absolute atomic E-state index is 0.145. The van der Waals surface area contributed by atoms with Crippen molar-refractivity contribution in [3.8, 4) is 45.1 Å². The number of hydrogen-bond acceptors (Lipinski definition) is 8. The molecule has 1 saturated heterocycles. The van der Waals surface area contributed by atoms with Crippen LogP contribution in [0.2, 0.25) is 0 Å². The Balaban J connectivity index is 1.29. The fourth-order valence-electron chi connectivity index (χ4n) is 6.70. The molecule has 11 heteroatoms. The highest BCUT2D eigenvalue weighted by molar-refractivity contribution is 5.83. The second-order valence-corrected chi connectivity index (χ2v) is 13.8. The van der Waals surface area contributed by atoms with Gasteiger partial charge in [-0.1, -0.05) is 37.1 Å². The van der Waals surface area contributed by atoms with Gasteiger partial charge in [0.25, 0.3) is 0 Å².